The Morgan fingerprint density at radius 3 is 2.46 bits per heavy atom. The molecule has 1 heterocycles. The molecule has 28 heavy (non-hydrogen) atoms. The molecule has 0 spiro atoms. The SMILES string of the molecule is CCOCOc1ccc2cccc(S3(OS(=O)(=O)C(F)(F)F)CCCC3)c2c1. The fourth-order valence-electron chi connectivity index (χ4n) is 3.14. The highest BCUT2D eigenvalue weighted by atomic mass is 32.3. The van der Waals surface area contributed by atoms with Crippen molar-refractivity contribution in [1.82, 2.24) is 0 Å². The smallest absolute Gasteiger partial charge is 0.468 e. The predicted molar refractivity (Wildman–Crippen MR) is 102 cm³/mol. The second kappa shape index (κ2) is 8.10. The van der Waals surface area contributed by atoms with Crippen LogP contribution in [0.1, 0.15) is 19.8 Å². The third-order valence-corrected chi connectivity index (χ3v) is 9.81. The van der Waals surface area contributed by atoms with Gasteiger partial charge in [-0.3, -0.25) is 0 Å². The summed E-state index contributed by atoms with van der Waals surface area (Å²) in [6, 6.07) is 10.4. The Bertz CT molecular complexity index is 938. The van der Waals surface area contributed by atoms with Gasteiger partial charge in [-0.25, -0.2) is 3.63 Å². The number of rotatable bonds is 7. The quantitative estimate of drug-likeness (QED) is 0.348. The minimum Gasteiger partial charge on any atom is -0.468 e. The topological polar surface area (TPSA) is 61.8 Å². The van der Waals surface area contributed by atoms with Gasteiger partial charge in [-0.15, -0.1) is 0 Å². The van der Waals surface area contributed by atoms with Gasteiger partial charge < -0.3 is 9.47 Å². The van der Waals surface area contributed by atoms with Crippen molar-refractivity contribution in [3.05, 3.63) is 36.4 Å². The lowest BCUT2D eigenvalue weighted by atomic mass is 10.1. The molecule has 1 fully saturated rings. The van der Waals surface area contributed by atoms with Gasteiger partial charge in [0.25, 0.3) is 0 Å². The molecule has 0 N–H and O–H groups in total. The highest BCUT2D eigenvalue weighted by Crippen LogP contribution is 2.65. The number of halogens is 3. The molecule has 1 saturated heterocycles. The minimum absolute atomic E-state index is 0.0428. The maximum Gasteiger partial charge on any atom is 0.523 e. The van der Waals surface area contributed by atoms with Gasteiger partial charge in [-0.1, -0.05) is 28.5 Å². The third-order valence-electron chi connectivity index (χ3n) is 4.43. The van der Waals surface area contributed by atoms with Crippen LogP contribution < -0.4 is 4.74 Å². The molecule has 0 saturated carbocycles. The molecule has 2 aromatic rings. The van der Waals surface area contributed by atoms with E-state index in [-0.39, 0.29) is 18.3 Å². The summed E-state index contributed by atoms with van der Waals surface area (Å²) in [4.78, 5) is 0.497. The molecule has 3 rings (SSSR count). The van der Waals surface area contributed by atoms with E-state index in [4.69, 9.17) is 13.1 Å². The first-order valence-corrected chi connectivity index (χ1v) is 12.0. The average molecular weight is 438 g/mol. The predicted octanol–water partition coefficient (Wildman–Crippen LogP) is 4.95. The van der Waals surface area contributed by atoms with E-state index in [1.807, 2.05) is 13.0 Å². The van der Waals surface area contributed by atoms with E-state index in [0.29, 0.717) is 35.5 Å². The monoisotopic (exact) mass is 438 g/mol. The minimum atomic E-state index is -5.70. The Hall–Kier alpha value is -1.49. The summed E-state index contributed by atoms with van der Waals surface area (Å²) in [5.74, 6) is 1.02. The fraction of sp³-hybridized carbons (Fsp3) is 0.444. The molecule has 0 atom stereocenters. The molecule has 0 bridgehead atoms. The Labute approximate surface area is 163 Å². The molecule has 5 nitrogen and oxygen atoms in total. The van der Waals surface area contributed by atoms with Crippen LogP contribution in [0.5, 0.6) is 5.75 Å². The first-order chi connectivity index (χ1) is 13.2. The van der Waals surface area contributed by atoms with Gasteiger partial charge >= 0.3 is 15.6 Å². The van der Waals surface area contributed by atoms with Crippen molar-refractivity contribution in [2.24, 2.45) is 0 Å². The molecule has 0 radical (unpaired) electrons. The standard InChI is InChI=1S/C18H21F3O5S2/c1-2-24-13-25-15-9-8-14-6-5-7-17(16(14)12-15)27(10-3-4-11-27)26-28(22,23)18(19,20)21/h5-9,12H,2-4,10-11,13H2,1H3. The van der Waals surface area contributed by atoms with Crippen molar-refractivity contribution in [2.75, 3.05) is 24.9 Å². The molecule has 1 aliphatic heterocycles. The van der Waals surface area contributed by atoms with E-state index in [1.54, 1.807) is 30.3 Å². The average Bonchev–Trinajstić information content (AvgIpc) is 3.09. The van der Waals surface area contributed by atoms with Gasteiger partial charge in [0.2, 0.25) is 0 Å². The van der Waals surface area contributed by atoms with E-state index >= 15 is 0 Å². The largest absolute Gasteiger partial charge is 0.523 e. The summed E-state index contributed by atoms with van der Waals surface area (Å²) in [6.45, 7) is 2.35. The number of hydrogen-bond acceptors (Lipinski definition) is 5. The van der Waals surface area contributed by atoms with Crippen molar-refractivity contribution in [3.8, 4) is 5.75 Å². The third kappa shape index (κ3) is 4.24. The summed E-state index contributed by atoms with van der Waals surface area (Å²) < 4.78 is 78.2. The number of ether oxygens (including phenoxy) is 2. The summed E-state index contributed by atoms with van der Waals surface area (Å²) >= 11 is 0. The van der Waals surface area contributed by atoms with Crippen molar-refractivity contribution in [2.45, 2.75) is 30.2 Å². The van der Waals surface area contributed by atoms with Crippen LogP contribution in [0.25, 0.3) is 10.8 Å². The number of alkyl halides is 3. The summed E-state index contributed by atoms with van der Waals surface area (Å²) in [6.07, 6.45) is 1.22. The van der Waals surface area contributed by atoms with Gasteiger partial charge in [0.1, 0.15) is 5.75 Å². The molecular formula is C18H21F3O5S2. The maximum absolute atomic E-state index is 13.0. The highest BCUT2D eigenvalue weighted by molar-refractivity contribution is 8.33. The lowest BCUT2D eigenvalue weighted by Crippen LogP contribution is -2.27. The second-order valence-corrected chi connectivity index (χ2v) is 11.1. The molecule has 2 aromatic carbocycles. The van der Waals surface area contributed by atoms with Crippen molar-refractivity contribution in [3.63, 3.8) is 0 Å². The Morgan fingerprint density at radius 1 is 1.11 bits per heavy atom. The van der Waals surface area contributed by atoms with Gasteiger partial charge in [0, 0.05) is 23.0 Å². The van der Waals surface area contributed by atoms with E-state index in [0.717, 1.165) is 5.39 Å². The van der Waals surface area contributed by atoms with Crippen LogP contribution in [-0.4, -0.2) is 38.8 Å². The molecule has 0 aliphatic carbocycles. The van der Waals surface area contributed by atoms with Gasteiger partial charge in [-0.05, 0) is 48.7 Å². The van der Waals surface area contributed by atoms with Crippen molar-refractivity contribution < 1.29 is 34.7 Å². The van der Waals surface area contributed by atoms with E-state index in [9.17, 15) is 21.6 Å². The Balaban J connectivity index is 2.07. The Morgan fingerprint density at radius 2 is 1.82 bits per heavy atom. The lowest BCUT2D eigenvalue weighted by molar-refractivity contribution is -0.0496. The molecule has 156 valence electrons. The van der Waals surface area contributed by atoms with E-state index in [1.165, 1.54) is 0 Å². The van der Waals surface area contributed by atoms with E-state index < -0.39 is 25.9 Å². The van der Waals surface area contributed by atoms with Crippen molar-refractivity contribution in [1.29, 1.82) is 0 Å². The highest BCUT2D eigenvalue weighted by Gasteiger charge is 2.52. The summed E-state index contributed by atoms with van der Waals surface area (Å²) in [5, 5.41) is 1.40. The van der Waals surface area contributed by atoms with Gasteiger partial charge in [0.05, 0.1) is 0 Å². The number of hydrogen-bond donors (Lipinski definition) is 0. The zero-order valence-electron chi connectivity index (χ0n) is 15.2. The lowest BCUT2D eigenvalue weighted by Gasteiger charge is -2.35. The molecule has 0 aromatic heterocycles. The van der Waals surface area contributed by atoms with Crippen LogP contribution in [0.3, 0.4) is 0 Å². The van der Waals surface area contributed by atoms with Gasteiger partial charge in [0.15, 0.2) is 6.79 Å². The molecular weight excluding hydrogens is 417 g/mol. The number of fused-ring (bicyclic) bond motifs is 1. The molecule has 0 unspecified atom stereocenters. The van der Waals surface area contributed by atoms with Crippen molar-refractivity contribution >= 4 is 31.2 Å². The zero-order valence-corrected chi connectivity index (χ0v) is 16.8. The summed E-state index contributed by atoms with van der Waals surface area (Å²) in [5.41, 5.74) is -5.45. The first-order valence-electron chi connectivity index (χ1n) is 8.73. The van der Waals surface area contributed by atoms with E-state index in [2.05, 4.69) is 0 Å². The molecule has 10 heteroatoms. The van der Waals surface area contributed by atoms with Crippen LogP contribution in [0.15, 0.2) is 41.3 Å². The zero-order chi connectivity index (χ0) is 20.4. The summed E-state index contributed by atoms with van der Waals surface area (Å²) in [7, 11) is -8.34. The fourth-order valence-corrected chi connectivity index (χ4v) is 8.54. The normalized spacial score (nSPS) is 18.3. The molecule has 0 amide bonds. The van der Waals surface area contributed by atoms with Crippen LogP contribution in [0.2, 0.25) is 0 Å². The first kappa shape index (κ1) is 21.2. The van der Waals surface area contributed by atoms with Crippen LogP contribution in [0.4, 0.5) is 13.2 Å². The van der Waals surface area contributed by atoms with Crippen LogP contribution in [-0.2, 0) is 18.5 Å². The Kier molecular flexibility index (Phi) is 6.14. The van der Waals surface area contributed by atoms with Crippen LogP contribution in [0, 0.1) is 0 Å². The molecule has 1 aliphatic rings. The van der Waals surface area contributed by atoms with Crippen LogP contribution >= 0.6 is 10.3 Å². The second-order valence-electron chi connectivity index (χ2n) is 6.29. The maximum atomic E-state index is 13.0. The number of benzene rings is 2. The van der Waals surface area contributed by atoms with Gasteiger partial charge in [-0.2, -0.15) is 21.6 Å².